The Labute approximate surface area is 96.2 Å². The molecule has 1 rings (SSSR count). The van der Waals surface area contributed by atoms with Gasteiger partial charge in [0.15, 0.2) is 0 Å². The van der Waals surface area contributed by atoms with Gasteiger partial charge in [-0.25, -0.2) is 0 Å². The minimum atomic E-state index is 0.254. The van der Waals surface area contributed by atoms with Crippen molar-refractivity contribution < 1.29 is 4.74 Å². The minimum absolute atomic E-state index is 0.254. The van der Waals surface area contributed by atoms with Crippen molar-refractivity contribution in [3.63, 3.8) is 0 Å². The molecule has 0 saturated carbocycles. The van der Waals surface area contributed by atoms with Gasteiger partial charge in [-0.15, -0.1) is 11.8 Å². The second-order valence-electron chi connectivity index (χ2n) is 3.51. The van der Waals surface area contributed by atoms with Crippen LogP contribution in [0, 0.1) is 5.92 Å². The summed E-state index contributed by atoms with van der Waals surface area (Å²) in [4.78, 5) is 0.987. The molecule has 0 aliphatic carbocycles. The first-order valence-corrected chi connectivity index (χ1v) is 6.91. The van der Waals surface area contributed by atoms with Crippen LogP contribution in [0.5, 0.6) is 0 Å². The Morgan fingerprint density at radius 2 is 2.50 bits per heavy atom. The number of nitrogens with one attached hydrogen (secondary N) is 1. The van der Waals surface area contributed by atoms with E-state index in [0.717, 1.165) is 31.0 Å². The summed E-state index contributed by atoms with van der Waals surface area (Å²) in [5.41, 5.74) is 0.254. The van der Waals surface area contributed by atoms with E-state index < -0.39 is 0 Å². The van der Waals surface area contributed by atoms with Gasteiger partial charge in [0, 0.05) is 19.1 Å². The van der Waals surface area contributed by atoms with Gasteiger partial charge in [0.25, 0.3) is 0 Å². The zero-order valence-corrected chi connectivity index (χ0v) is 10.5. The van der Waals surface area contributed by atoms with Crippen molar-refractivity contribution in [1.82, 2.24) is 5.32 Å². The highest BCUT2D eigenvalue weighted by molar-refractivity contribution is 7.99. The highest BCUT2D eigenvalue weighted by Gasteiger charge is 2.29. The second kappa shape index (κ2) is 6.64. The number of unbranched alkanes of at least 4 members (excludes halogenated alkanes) is 1. The fourth-order valence-electron chi connectivity index (χ4n) is 1.57. The maximum absolute atomic E-state index is 5.82. The van der Waals surface area contributed by atoms with Gasteiger partial charge in [-0.05, 0) is 19.1 Å². The van der Waals surface area contributed by atoms with Crippen LogP contribution < -0.4 is 5.32 Å². The lowest BCUT2D eigenvalue weighted by Crippen LogP contribution is -2.27. The first kappa shape index (κ1) is 12.3. The molecule has 14 heavy (non-hydrogen) atoms. The van der Waals surface area contributed by atoms with Gasteiger partial charge in [-0.2, -0.15) is 0 Å². The van der Waals surface area contributed by atoms with E-state index in [4.69, 9.17) is 17.0 Å². The molecular formula is C10H19NOS2. The number of rotatable bonds is 6. The van der Waals surface area contributed by atoms with Gasteiger partial charge in [0.1, 0.15) is 5.44 Å². The largest absolute Gasteiger partial charge is 0.379 e. The van der Waals surface area contributed by atoms with Crippen molar-refractivity contribution in [3.8, 4) is 0 Å². The molecule has 2 atom stereocenters. The summed E-state index contributed by atoms with van der Waals surface area (Å²) in [6, 6.07) is 0. The third-order valence-electron chi connectivity index (χ3n) is 2.43. The molecule has 1 fully saturated rings. The molecule has 0 radical (unpaired) electrons. The van der Waals surface area contributed by atoms with Crippen LogP contribution in [-0.2, 0) is 4.74 Å². The SMILES string of the molecule is CCCCOC(SC)C1CCNC1=S. The summed E-state index contributed by atoms with van der Waals surface area (Å²) in [6.07, 6.45) is 5.55. The van der Waals surface area contributed by atoms with Crippen molar-refractivity contribution in [3.05, 3.63) is 0 Å². The monoisotopic (exact) mass is 233 g/mol. The van der Waals surface area contributed by atoms with Gasteiger partial charge in [-0.3, -0.25) is 0 Å². The summed E-state index contributed by atoms with van der Waals surface area (Å²) in [7, 11) is 0. The summed E-state index contributed by atoms with van der Waals surface area (Å²) in [5, 5.41) is 3.21. The first-order valence-electron chi connectivity index (χ1n) is 5.21. The quantitative estimate of drug-likeness (QED) is 0.432. The maximum atomic E-state index is 5.82. The molecular weight excluding hydrogens is 214 g/mol. The minimum Gasteiger partial charge on any atom is -0.379 e. The lowest BCUT2D eigenvalue weighted by atomic mass is 10.1. The molecule has 1 aliphatic rings. The Kier molecular flexibility index (Phi) is 5.82. The van der Waals surface area contributed by atoms with Gasteiger partial charge < -0.3 is 10.1 Å². The Bertz CT molecular complexity index is 187. The predicted octanol–water partition coefficient (Wildman–Crippen LogP) is 2.43. The molecule has 2 nitrogen and oxygen atoms in total. The summed E-state index contributed by atoms with van der Waals surface area (Å²) in [6.45, 7) is 4.05. The number of thiocarbonyl (C=S) groups is 1. The highest BCUT2D eigenvalue weighted by atomic mass is 32.2. The molecule has 0 aromatic carbocycles. The number of hydrogen-bond acceptors (Lipinski definition) is 3. The normalized spacial score (nSPS) is 23.6. The van der Waals surface area contributed by atoms with Crippen molar-refractivity contribution in [2.24, 2.45) is 5.92 Å². The molecule has 0 bridgehead atoms. The van der Waals surface area contributed by atoms with Crippen LogP contribution >= 0.6 is 24.0 Å². The van der Waals surface area contributed by atoms with E-state index in [1.165, 1.54) is 6.42 Å². The molecule has 1 aliphatic heterocycles. The molecule has 0 amide bonds. The topological polar surface area (TPSA) is 21.3 Å². The van der Waals surface area contributed by atoms with Crippen LogP contribution in [0.1, 0.15) is 26.2 Å². The zero-order chi connectivity index (χ0) is 10.4. The molecule has 0 spiro atoms. The van der Waals surface area contributed by atoms with Crippen molar-refractivity contribution in [2.75, 3.05) is 19.4 Å². The van der Waals surface area contributed by atoms with E-state index in [1.54, 1.807) is 11.8 Å². The zero-order valence-electron chi connectivity index (χ0n) is 8.91. The van der Waals surface area contributed by atoms with Crippen LogP contribution in [0.3, 0.4) is 0 Å². The predicted molar refractivity (Wildman–Crippen MR) is 66.9 cm³/mol. The van der Waals surface area contributed by atoms with E-state index >= 15 is 0 Å². The lowest BCUT2D eigenvalue weighted by Gasteiger charge is -2.21. The Morgan fingerprint density at radius 3 is 3.00 bits per heavy atom. The van der Waals surface area contributed by atoms with E-state index in [0.29, 0.717) is 5.92 Å². The van der Waals surface area contributed by atoms with Crippen LogP contribution in [0.25, 0.3) is 0 Å². The lowest BCUT2D eigenvalue weighted by molar-refractivity contribution is 0.0905. The Hall–Kier alpha value is 0.200. The number of ether oxygens (including phenoxy) is 1. The summed E-state index contributed by atoms with van der Waals surface area (Å²) >= 11 is 7.03. The molecule has 0 aromatic rings. The fraction of sp³-hybridized carbons (Fsp3) is 0.900. The first-order chi connectivity index (χ1) is 6.79. The molecule has 1 saturated heterocycles. The molecule has 0 aromatic heterocycles. The third kappa shape index (κ3) is 3.41. The highest BCUT2D eigenvalue weighted by Crippen LogP contribution is 2.25. The number of hydrogen-bond donors (Lipinski definition) is 1. The Balaban J connectivity index is 2.32. The fourth-order valence-corrected chi connectivity index (χ4v) is 2.83. The third-order valence-corrected chi connectivity index (χ3v) is 3.81. The molecule has 1 N–H and O–H groups in total. The van der Waals surface area contributed by atoms with E-state index in [1.807, 2.05) is 0 Å². The standard InChI is InChI=1S/C10H19NOS2/c1-3-4-7-12-10(14-2)8-5-6-11-9(8)13/h8,10H,3-7H2,1-2H3,(H,11,13). The second-order valence-corrected chi connectivity index (χ2v) is 4.89. The number of thioether (sulfide) groups is 1. The average molecular weight is 233 g/mol. The van der Waals surface area contributed by atoms with Crippen molar-refractivity contribution >= 4 is 29.0 Å². The van der Waals surface area contributed by atoms with Gasteiger partial charge in [-0.1, -0.05) is 25.6 Å². The summed E-state index contributed by atoms with van der Waals surface area (Å²) < 4.78 is 5.82. The van der Waals surface area contributed by atoms with E-state index in [9.17, 15) is 0 Å². The average Bonchev–Trinajstić information content (AvgIpc) is 2.60. The van der Waals surface area contributed by atoms with Gasteiger partial charge in [0.2, 0.25) is 0 Å². The summed E-state index contributed by atoms with van der Waals surface area (Å²) in [5.74, 6) is 0.428. The molecule has 1 heterocycles. The van der Waals surface area contributed by atoms with E-state index in [2.05, 4.69) is 18.5 Å². The van der Waals surface area contributed by atoms with Crippen molar-refractivity contribution in [1.29, 1.82) is 0 Å². The molecule has 82 valence electrons. The van der Waals surface area contributed by atoms with Crippen LogP contribution in [0.4, 0.5) is 0 Å². The smallest absolute Gasteiger partial charge is 0.112 e. The van der Waals surface area contributed by atoms with Crippen molar-refractivity contribution in [2.45, 2.75) is 31.6 Å². The van der Waals surface area contributed by atoms with Crippen LogP contribution in [-0.4, -0.2) is 29.8 Å². The Morgan fingerprint density at radius 1 is 1.71 bits per heavy atom. The van der Waals surface area contributed by atoms with Gasteiger partial charge >= 0.3 is 0 Å². The van der Waals surface area contributed by atoms with Crippen LogP contribution in [0.15, 0.2) is 0 Å². The van der Waals surface area contributed by atoms with E-state index in [-0.39, 0.29) is 5.44 Å². The molecule has 2 unspecified atom stereocenters. The maximum Gasteiger partial charge on any atom is 0.112 e. The van der Waals surface area contributed by atoms with Gasteiger partial charge in [0.05, 0.1) is 4.99 Å². The van der Waals surface area contributed by atoms with Crippen LogP contribution in [0.2, 0.25) is 0 Å². The molecule has 4 heteroatoms.